The summed E-state index contributed by atoms with van der Waals surface area (Å²) in [6, 6.07) is 7.73. The zero-order chi connectivity index (χ0) is 11.5. The summed E-state index contributed by atoms with van der Waals surface area (Å²) in [4.78, 5) is 0. The zero-order valence-corrected chi connectivity index (χ0v) is 9.86. The Kier molecular flexibility index (Phi) is 3.04. The molecule has 2 nitrogen and oxygen atoms in total. The third-order valence-electron chi connectivity index (χ3n) is 2.60. The molecule has 0 saturated carbocycles. The van der Waals surface area contributed by atoms with Gasteiger partial charge in [-0.2, -0.15) is 0 Å². The average Bonchev–Trinajstić information content (AvgIpc) is 2.72. The maximum atomic E-state index is 5.70. The Balaban J connectivity index is 2.15. The number of benzene rings is 1. The molecule has 16 heavy (non-hydrogen) atoms. The Labute approximate surface area is 96.7 Å². The number of allylic oxidation sites excluding steroid dienone is 4. The maximum absolute atomic E-state index is 5.70. The highest BCUT2D eigenvalue weighted by molar-refractivity contribution is 6.56. The van der Waals surface area contributed by atoms with Gasteiger partial charge in [-0.25, -0.2) is 0 Å². The second-order valence-electron chi connectivity index (χ2n) is 3.94. The van der Waals surface area contributed by atoms with Crippen molar-refractivity contribution >= 4 is 7.12 Å². The van der Waals surface area contributed by atoms with Crippen molar-refractivity contribution in [2.75, 3.05) is 0 Å². The van der Waals surface area contributed by atoms with Gasteiger partial charge in [-0.05, 0) is 38.4 Å². The van der Waals surface area contributed by atoms with Gasteiger partial charge >= 0.3 is 7.12 Å². The summed E-state index contributed by atoms with van der Waals surface area (Å²) in [6.07, 6.45) is 4.14. The van der Waals surface area contributed by atoms with Crippen LogP contribution in [0.2, 0.25) is 0 Å². The first-order chi connectivity index (χ1) is 7.70. The van der Waals surface area contributed by atoms with E-state index >= 15 is 0 Å². The van der Waals surface area contributed by atoms with Gasteiger partial charge in [0.1, 0.15) is 11.5 Å². The molecule has 2 rings (SSSR count). The van der Waals surface area contributed by atoms with Crippen molar-refractivity contribution in [3.05, 3.63) is 47.5 Å². The predicted octanol–water partition coefficient (Wildman–Crippen LogP) is 3.40. The first-order valence-electron chi connectivity index (χ1n) is 5.44. The summed E-state index contributed by atoms with van der Waals surface area (Å²) in [5.74, 6) is 1.64. The third-order valence-corrected chi connectivity index (χ3v) is 2.60. The first-order valence-corrected chi connectivity index (χ1v) is 5.44. The maximum Gasteiger partial charge on any atom is 0.628 e. The van der Waals surface area contributed by atoms with Gasteiger partial charge < -0.3 is 9.31 Å². The van der Waals surface area contributed by atoms with Crippen molar-refractivity contribution in [1.29, 1.82) is 0 Å². The van der Waals surface area contributed by atoms with Crippen molar-refractivity contribution in [3.8, 4) is 11.5 Å². The molecule has 3 heteroatoms. The van der Waals surface area contributed by atoms with E-state index in [0.717, 1.165) is 17.0 Å². The molecular formula is C13H15BO2. The lowest BCUT2D eigenvalue weighted by atomic mass is 9.78. The van der Waals surface area contributed by atoms with Crippen LogP contribution >= 0.6 is 0 Å². The van der Waals surface area contributed by atoms with Crippen LogP contribution in [0.25, 0.3) is 0 Å². The molecule has 0 spiro atoms. The van der Waals surface area contributed by atoms with E-state index in [4.69, 9.17) is 9.31 Å². The second-order valence-corrected chi connectivity index (χ2v) is 3.94. The first kappa shape index (κ1) is 10.9. The van der Waals surface area contributed by atoms with Crippen molar-refractivity contribution in [2.24, 2.45) is 0 Å². The third kappa shape index (κ3) is 2.13. The van der Waals surface area contributed by atoms with E-state index in [0.29, 0.717) is 0 Å². The fourth-order valence-corrected chi connectivity index (χ4v) is 1.60. The summed E-state index contributed by atoms with van der Waals surface area (Å²) in [7, 11) is -0.285. The van der Waals surface area contributed by atoms with Crippen molar-refractivity contribution in [1.82, 2.24) is 0 Å². The second kappa shape index (κ2) is 4.48. The number of para-hydroxylation sites is 2. The minimum absolute atomic E-state index is 0.285. The van der Waals surface area contributed by atoms with Crippen LogP contribution in [0.1, 0.15) is 20.8 Å². The van der Waals surface area contributed by atoms with Crippen molar-refractivity contribution in [3.63, 3.8) is 0 Å². The van der Waals surface area contributed by atoms with Gasteiger partial charge in [0, 0.05) is 0 Å². The molecule has 82 valence electrons. The fourth-order valence-electron chi connectivity index (χ4n) is 1.60. The Hall–Kier alpha value is -1.64. The summed E-state index contributed by atoms with van der Waals surface area (Å²) >= 11 is 0. The van der Waals surface area contributed by atoms with Gasteiger partial charge in [0.15, 0.2) is 0 Å². The lowest BCUT2D eigenvalue weighted by Crippen LogP contribution is -2.26. The minimum atomic E-state index is -0.285. The van der Waals surface area contributed by atoms with Gasteiger partial charge in [-0.15, -0.1) is 0 Å². The van der Waals surface area contributed by atoms with Crippen molar-refractivity contribution in [2.45, 2.75) is 20.8 Å². The molecule has 0 radical (unpaired) electrons. The van der Waals surface area contributed by atoms with Crippen LogP contribution < -0.4 is 9.31 Å². The van der Waals surface area contributed by atoms with Crippen LogP contribution in [0.5, 0.6) is 11.5 Å². The molecule has 0 amide bonds. The number of rotatable bonds is 2. The Morgan fingerprint density at radius 1 is 1.12 bits per heavy atom. The molecule has 0 atom stereocenters. The molecule has 1 aromatic rings. The van der Waals surface area contributed by atoms with Crippen LogP contribution in [-0.2, 0) is 0 Å². The molecule has 1 aliphatic rings. The van der Waals surface area contributed by atoms with Crippen LogP contribution in [0.15, 0.2) is 47.5 Å². The molecule has 0 unspecified atom stereocenters. The Morgan fingerprint density at radius 3 is 2.19 bits per heavy atom. The van der Waals surface area contributed by atoms with Gasteiger partial charge in [-0.3, -0.25) is 0 Å². The van der Waals surface area contributed by atoms with Gasteiger partial charge in [0.25, 0.3) is 0 Å². The van der Waals surface area contributed by atoms with E-state index in [9.17, 15) is 0 Å². The number of hydrogen-bond donors (Lipinski definition) is 0. The molecule has 0 saturated heterocycles. The van der Waals surface area contributed by atoms with Gasteiger partial charge in [0.05, 0.1) is 0 Å². The zero-order valence-electron chi connectivity index (χ0n) is 9.86. The smallest absolute Gasteiger partial charge is 0.519 e. The van der Waals surface area contributed by atoms with Crippen LogP contribution in [0, 0.1) is 0 Å². The summed E-state index contributed by atoms with van der Waals surface area (Å²) in [5, 5.41) is 0. The number of hydrogen-bond acceptors (Lipinski definition) is 2. The highest BCUT2D eigenvalue weighted by Crippen LogP contribution is 2.34. The summed E-state index contributed by atoms with van der Waals surface area (Å²) < 4.78 is 11.4. The minimum Gasteiger partial charge on any atom is -0.519 e. The Morgan fingerprint density at radius 2 is 1.69 bits per heavy atom. The molecule has 0 aliphatic carbocycles. The van der Waals surface area contributed by atoms with Crippen LogP contribution in [0.3, 0.4) is 0 Å². The van der Waals surface area contributed by atoms with Crippen LogP contribution in [0.4, 0.5) is 0 Å². The molecule has 0 bridgehead atoms. The molecule has 1 aliphatic heterocycles. The highest BCUT2D eigenvalue weighted by Gasteiger charge is 2.33. The lowest BCUT2D eigenvalue weighted by Gasteiger charge is -2.04. The molecule has 0 N–H and O–H groups in total. The predicted molar refractivity (Wildman–Crippen MR) is 66.6 cm³/mol. The molecule has 0 aromatic heterocycles. The molecule has 0 fully saturated rings. The molecule has 1 aromatic carbocycles. The topological polar surface area (TPSA) is 18.5 Å². The fraction of sp³-hybridized carbons (Fsp3) is 0.231. The standard InChI is InChI=1S/C13H15BO2/c1-4-10(2)9-11(3)14-15-12-7-5-6-8-13(12)16-14/h4-9H,1-3H3/b10-4+,11-9+. The van der Waals surface area contributed by atoms with Gasteiger partial charge in [0.2, 0.25) is 0 Å². The normalized spacial score (nSPS) is 15.6. The van der Waals surface area contributed by atoms with Gasteiger partial charge in [-0.1, -0.05) is 29.9 Å². The van der Waals surface area contributed by atoms with E-state index in [1.54, 1.807) is 0 Å². The summed E-state index contributed by atoms with van der Waals surface area (Å²) in [6.45, 7) is 6.10. The molecule has 1 heterocycles. The quantitative estimate of drug-likeness (QED) is 0.554. The van der Waals surface area contributed by atoms with E-state index in [-0.39, 0.29) is 7.12 Å². The largest absolute Gasteiger partial charge is 0.628 e. The highest BCUT2D eigenvalue weighted by atomic mass is 16.6. The Bertz CT molecular complexity index is 424. The number of fused-ring (bicyclic) bond motifs is 1. The van der Waals surface area contributed by atoms with E-state index in [1.807, 2.05) is 38.1 Å². The SMILES string of the molecule is C/C=C(C)/C=C(\C)B1Oc2ccccc2O1. The molecular weight excluding hydrogens is 199 g/mol. The van der Waals surface area contributed by atoms with E-state index in [1.165, 1.54) is 5.57 Å². The van der Waals surface area contributed by atoms with Crippen LogP contribution in [-0.4, -0.2) is 7.12 Å². The lowest BCUT2D eigenvalue weighted by molar-refractivity contribution is 0.511. The van der Waals surface area contributed by atoms with Crippen molar-refractivity contribution < 1.29 is 9.31 Å². The van der Waals surface area contributed by atoms with E-state index in [2.05, 4.69) is 19.1 Å². The monoisotopic (exact) mass is 214 g/mol. The average molecular weight is 214 g/mol. The van der Waals surface area contributed by atoms with E-state index < -0.39 is 0 Å². The summed E-state index contributed by atoms with van der Waals surface area (Å²) in [5.41, 5.74) is 2.28.